The lowest BCUT2D eigenvalue weighted by molar-refractivity contribution is -0.177. The molecule has 0 radical (unpaired) electrons. The van der Waals surface area contributed by atoms with E-state index in [0.717, 1.165) is 14.7 Å². The van der Waals surface area contributed by atoms with Crippen molar-refractivity contribution in [3.8, 4) is 0 Å². The van der Waals surface area contributed by atoms with Crippen molar-refractivity contribution in [3.63, 3.8) is 0 Å². The van der Waals surface area contributed by atoms with E-state index in [-0.39, 0.29) is 62.8 Å². The van der Waals surface area contributed by atoms with E-state index in [2.05, 4.69) is 0 Å². The van der Waals surface area contributed by atoms with Crippen LogP contribution in [-0.4, -0.2) is 143 Å². The van der Waals surface area contributed by atoms with Crippen LogP contribution in [0.1, 0.15) is 105 Å². The number of likely N-dealkylation sites (N-methyl/N-ethyl adjacent to an activating group) is 3. The summed E-state index contributed by atoms with van der Waals surface area (Å²) in [6, 6.07) is 13.0. The Kier molecular flexibility index (Phi) is 19.9. The summed E-state index contributed by atoms with van der Waals surface area (Å²) < 4.78 is 23.8. The Morgan fingerprint density at radius 3 is 1.24 bits per heavy atom. The molecule has 0 saturated carbocycles. The monoisotopic (exact) mass is 933 g/mol. The van der Waals surface area contributed by atoms with Crippen molar-refractivity contribution in [3.05, 3.63) is 71.8 Å². The van der Waals surface area contributed by atoms with Crippen LogP contribution in [0, 0.1) is 17.8 Å². The molecule has 2 aromatic carbocycles. The van der Waals surface area contributed by atoms with E-state index >= 15 is 0 Å². The van der Waals surface area contributed by atoms with Crippen molar-refractivity contribution in [2.45, 2.75) is 155 Å². The Balaban J connectivity index is 1.84. The SMILES string of the molecule is CC(C)C[C@H]1C(=O)O[C@H](Cc2ccccc2)C(=O)N(C)[C@@H](CC(C)C)C(=O)O[C@H](C)C(=O)N(C)[C@@H](CC(C)C)C(=O)O[C@H](Cc2ccccc2)C(=O)N2CCCC[C@H]2C(=O)O[C@@H](C)C(=O)N1C. The molecule has 4 rings (SSSR count). The molecule has 2 fully saturated rings. The summed E-state index contributed by atoms with van der Waals surface area (Å²) in [5.41, 5.74) is 1.33. The molecule has 67 heavy (non-hydrogen) atoms. The molecule has 2 heterocycles. The highest BCUT2D eigenvalue weighted by atomic mass is 16.6. The summed E-state index contributed by atoms with van der Waals surface area (Å²) in [7, 11) is 4.19. The van der Waals surface area contributed by atoms with Gasteiger partial charge in [0, 0.05) is 40.5 Å². The molecule has 4 amide bonds. The summed E-state index contributed by atoms with van der Waals surface area (Å²) in [5, 5.41) is 0. The second-order valence-electron chi connectivity index (χ2n) is 19.2. The quantitative estimate of drug-likeness (QED) is 0.225. The first-order chi connectivity index (χ1) is 31.6. The molecule has 8 atom stereocenters. The number of benzene rings is 2. The number of fused-ring (bicyclic) bond motifs is 1. The zero-order valence-electron chi connectivity index (χ0n) is 41.2. The molecule has 2 saturated heterocycles. The predicted molar refractivity (Wildman–Crippen MR) is 249 cm³/mol. The summed E-state index contributed by atoms with van der Waals surface area (Å²) in [6.07, 6.45) is -4.17. The summed E-state index contributed by atoms with van der Waals surface area (Å²) >= 11 is 0. The van der Waals surface area contributed by atoms with E-state index in [1.165, 1.54) is 39.9 Å². The van der Waals surface area contributed by atoms with Gasteiger partial charge in [-0.25, -0.2) is 19.2 Å². The number of piperidine rings is 1. The van der Waals surface area contributed by atoms with Crippen LogP contribution in [0.5, 0.6) is 0 Å². The van der Waals surface area contributed by atoms with Gasteiger partial charge in [-0.3, -0.25) is 19.2 Å². The van der Waals surface area contributed by atoms with E-state index in [0.29, 0.717) is 24.0 Å². The van der Waals surface area contributed by atoms with Gasteiger partial charge in [0.15, 0.2) is 24.4 Å². The van der Waals surface area contributed by atoms with Crippen molar-refractivity contribution >= 4 is 47.5 Å². The Bertz CT molecular complexity index is 2030. The van der Waals surface area contributed by atoms with Gasteiger partial charge in [-0.15, -0.1) is 0 Å². The van der Waals surface area contributed by atoms with Crippen molar-refractivity contribution in [1.82, 2.24) is 19.6 Å². The second kappa shape index (κ2) is 24.8. The van der Waals surface area contributed by atoms with E-state index in [4.69, 9.17) is 18.9 Å². The highest BCUT2D eigenvalue weighted by Gasteiger charge is 2.43. The zero-order valence-corrected chi connectivity index (χ0v) is 41.2. The maximum atomic E-state index is 14.7. The van der Waals surface area contributed by atoms with Crippen LogP contribution in [0.25, 0.3) is 0 Å². The van der Waals surface area contributed by atoms with Crippen LogP contribution in [0.4, 0.5) is 0 Å². The second-order valence-corrected chi connectivity index (χ2v) is 19.2. The van der Waals surface area contributed by atoms with E-state index in [1.807, 2.05) is 41.5 Å². The van der Waals surface area contributed by atoms with Crippen molar-refractivity contribution in [2.24, 2.45) is 17.8 Å². The number of esters is 4. The molecule has 0 aromatic heterocycles. The van der Waals surface area contributed by atoms with Gasteiger partial charge in [-0.05, 0) is 81.3 Å². The minimum atomic E-state index is -1.46. The van der Waals surface area contributed by atoms with Crippen molar-refractivity contribution < 1.29 is 57.3 Å². The van der Waals surface area contributed by atoms with Crippen LogP contribution in [0.2, 0.25) is 0 Å². The highest BCUT2D eigenvalue weighted by molar-refractivity contribution is 5.94. The van der Waals surface area contributed by atoms with Gasteiger partial charge >= 0.3 is 23.9 Å². The number of carbonyl (C=O) groups excluding carboxylic acids is 8. The van der Waals surface area contributed by atoms with Crippen molar-refractivity contribution in [2.75, 3.05) is 27.7 Å². The van der Waals surface area contributed by atoms with Gasteiger partial charge in [-0.1, -0.05) is 102 Å². The third-order valence-electron chi connectivity index (χ3n) is 12.3. The first-order valence-corrected chi connectivity index (χ1v) is 23.6. The molecule has 2 aliphatic heterocycles. The highest BCUT2D eigenvalue weighted by Crippen LogP contribution is 2.26. The average molecular weight is 933 g/mol. The van der Waals surface area contributed by atoms with Crippen molar-refractivity contribution in [1.29, 1.82) is 0 Å². The number of amides is 4. The lowest BCUT2D eigenvalue weighted by Crippen LogP contribution is -2.56. The summed E-state index contributed by atoms with van der Waals surface area (Å²) in [5.74, 6) is -6.74. The lowest BCUT2D eigenvalue weighted by atomic mass is 9.99. The molecule has 2 aliphatic rings. The number of nitrogens with zero attached hydrogens (tertiary/aromatic N) is 4. The molecule has 0 unspecified atom stereocenters. The molecule has 16 heteroatoms. The Morgan fingerprint density at radius 1 is 0.478 bits per heavy atom. The fourth-order valence-electron chi connectivity index (χ4n) is 8.52. The summed E-state index contributed by atoms with van der Waals surface area (Å²) in [6.45, 7) is 14.0. The van der Waals surface area contributed by atoms with Gasteiger partial charge in [0.2, 0.25) is 0 Å². The average Bonchev–Trinajstić information content (AvgIpc) is 3.29. The minimum absolute atomic E-state index is 0.0491. The lowest BCUT2D eigenvalue weighted by Gasteiger charge is -2.37. The van der Waals surface area contributed by atoms with Gasteiger partial charge in [0.05, 0.1) is 0 Å². The largest absolute Gasteiger partial charge is 0.451 e. The van der Waals surface area contributed by atoms with Crippen LogP contribution in [0.15, 0.2) is 60.7 Å². The van der Waals surface area contributed by atoms with E-state index in [1.54, 1.807) is 60.7 Å². The fourth-order valence-corrected chi connectivity index (χ4v) is 8.52. The Hall–Kier alpha value is -5.80. The Labute approximate surface area is 395 Å². The third-order valence-corrected chi connectivity index (χ3v) is 12.3. The maximum absolute atomic E-state index is 14.7. The number of hydrogen-bond donors (Lipinski definition) is 0. The van der Waals surface area contributed by atoms with E-state index in [9.17, 15) is 38.4 Å². The third kappa shape index (κ3) is 14.8. The minimum Gasteiger partial charge on any atom is -0.451 e. The molecule has 0 N–H and O–H groups in total. The van der Waals surface area contributed by atoms with Gasteiger partial charge in [-0.2, -0.15) is 0 Å². The molecule has 2 aromatic rings. The molecule has 0 bridgehead atoms. The first-order valence-electron chi connectivity index (χ1n) is 23.6. The van der Waals surface area contributed by atoms with Gasteiger partial charge in [0.25, 0.3) is 23.6 Å². The smallest absolute Gasteiger partial charge is 0.329 e. The summed E-state index contributed by atoms with van der Waals surface area (Å²) in [4.78, 5) is 119. The van der Waals surface area contributed by atoms with Crippen LogP contribution in [0.3, 0.4) is 0 Å². The number of cyclic esters (lactones) is 4. The number of rotatable bonds is 10. The Morgan fingerprint density at radius 2 is 0.836 bits per heavy atom. The molecular weight excluding hydrogens is 861 g/mol. The topological polar surface area (TPSA) is 186 Å². The normalized spacial score (nSPS) is 26.3. The predicted octanol–water partition coefficient (Wildman–Crippen LogP) is 5.17. The molecule has 0 spiro atoms. The van der Waals surface area contributed by atoms with Gasteiger partial charge < -0.3 is 38.5 Å². The van der Waals surface area contributed by atoms with Gasteiger partial charge in [0.1, 0.15) is 24.2 Å². The molecule has 368 valence electrons. The first kappa shape index (κ1) is 53.8. The standard InChI is InChI=1S/C51H72N4O12/c1-31(2)26-39-49(61)65-35(8)45(57)53(10)41(28-33(5)6)51(63)67-43(30-37-22-16-13-17-23-37)47(59)55-25-19-18-24-38(55)48(60)64-34(7)44(56)52(9)40(27-32(3)4)50(62)66-42(46(58)54(39)11)29-36-20-14-12-15-21-36/h12-17,20-23,31-35,38-43H,18-19,24-30H2,1-11H3/t34-,35+,38-,39-,40-,41-,42+,43+/m0/s1. The maximum Gasteiger partial charge on any atom is 0.329 e. The molecular formula is C51H72N4O12. The number of ether oxygens (including phenoxy) is 4. The zero-order chi connectivity index (χ0) is 49.7. The number of hydrogen-bond acceptors (Lipinski definition) is 12. The van der Waals surface area contributed by atoms with Crippen LogP contribution < -0.4 is 0 Å². The fraction of sp³-hybridized carbons (Fsp3) is 0.608. The van der Waals surface area contributed by atoms with E-state index < -0.39 is 96.1 Å². The van der Waals surface area contributed by atoms with Crippen LogP contribution >= 0.6 is 0 Å². The number of carbonyl (C=O) groups is 8. The molecule has 0 aliphatic carbocycles. The molecule has 16 nitrogen and oxygen atoms in total. The van der Waals surface area contributed by atoms with Crippen LogP contribution in [-0.2, 0) is 70.1 Å².